The number of aromatic nitrogens is 3. The molecule has 1 saturated carbocycles. The van der Waals surface area contributed by atoms with Gasteiger partial charge in [0.1, 0.15) is 34.2 Å². The second-order valence-electron chi connectivity index (χ2n) is 6.65. The summed E-state index contributed by atoms with van der Waals surface area (Å²) < 4.78 is 43.9. The van der Waals surface area contributed by atoms with Gasteiger partial charge in [0.15, 0.2) is 5.65 Å². The molecule has 4 rings (SSSR count). The fourth-order valence-corrected chi connectivity index (χ4v) is 4.10. The number of rotatable bonds is 2. The van der Waals surface area contributed by atoms with Gasteiger partial charge in [-0.05, 0) is 12.8 Å². The minimum atomic E-state index is -1.06. The molecule has 0 amide bonds. The Morgan fingerprint density at radius 2 is 1.74 bits per heavy atom. The molecule has 0 atom stereocenters. The molecule has 2 heterocycles. The Hall–Kier alpha value is -2.59. The maximum atomic E-state index is 14.5. The van der Waals surface area contributed by atoms with Crippen molar-refractivity contribution in [3.05, 3.63) is 52.2 Å². The van der Waals surface area contributed by atoms with Crippen LogP contribution in [0.15, 0.2) is 18.3 Å². The van der Waals surface area contributed by atoms with Gasteiger partial charge in [-0.25, -0.2) is 22.7 Å². The number of nitrogens with zero attached hydrogens (tertiary/aromatic N) is 4. The number of nitriles is 1. The zero-order valence-electron chi connectivity index (χ0n) is 14.1. The molecule has 0 unspecified atom stereocenters. The van der Waals surface area contributed by atoms with Crippen LogP contribution in [-0.2, 0) is 0 Å². The summed E-state index contributed by atoms with van der Waals surface area (Å²) in [4.78, 5) is 4.16. The number of hydrogen-bond acceptors (Lipinski definition) is 3. The van der Waals surface area contributed by atoms with Crippen LogP contribution in [-0.4, -0.2) is 14.6 Å². The Morgan fingerprint density at radius 3 is 2.37 bits per heavy atom. The van der Waals surface area contributed by atoms with Crippen molar-refractivity contribution in [3.8, 4) is 17.2 Å². The highest BCUT2D eigenvalue weighted by molar-refractivity contribution is 6.32. The monoisotopic (exact) mass is 390 g/mol. The van der Waals surface area contributed by atoms with Crippen molar-refractivity contribution in [2.45, 2.75) is 38.0 Å². The molecule has 1 aliphatic rings. The van der Waals surface area contributed by atoms with Crippen molar-refractivity contribution in [3.63, 3.8) is 0 Å². The van der Waals surface area contributed by atoms with Gasteiger partial charge in [0.2, 0.25) is 0 Å². The van der Waals surface area contributed by atoms with Gasteiger partial charge in [-0.2, -0.15) is 10.4 Å². The molecule has 0 N–H and O–H groups in total. The largest absolute Gasteiger partial charge is 0.217 e. The van der Waals surface area contributed by atoms with E-state index in [-0.39, 0.29) is 27.8 Å². The maximum Gasteiger partial charge on any atom is 0.174 e. The van der Waals surface area contributed by atoms with Gasteiger partial charge >= 0.3 is 0 Å². The Morgan fingerprint density at radius 1 is 1.07 bits per heavy atom. The van der Waals surface area contributed by atoms with E-state index < -0.39 is 23.0 Å². The van der Waals surface area contributed by atoms with E-state index in [1.807, 2.05) is 6.07 Å². The summed E-state index contributed by atoms with van der Waals surface area (Å²) in [6, 6.07) is 3.23. The van der Waals surface area contributed by atoms with E-state index in [1.165, 1.54) is 10.7 Å². The second-order valence-corrected chi connectivity index (χ2v) is 7.01. The van der Waals surface area contributed by atoms with Gasteiger partial charge in [0, 0.05) is 23.6 Å². The number of fused-ring (bicyclic) bond motifs is 1. The van der Waals surface area contributed by atoms with Gasteiger partial charge < -0.3 is 0 Å². The highest BCUT2D eigenvalue weighted by atomic mass is 35.5. The van der Waals surface area contributed by atoms with Gasteiger partial charge in [-0.1, -0.05) is 30.9 Å². The number of hydrogen-bond donors (Lipinski definition) is 0. The average Bonchev–Trinajstić information content (AvgIpc) is 3.04. The summed E-state index contributed by atoms with van der Waals surface area (Å²) in [6.45, 7) is 0. The van der Waals surface area contributed by atoms with Gasteiger partial charge in [0.05, 0.1) is 17.5 Å². The summed E-state index contributed by atoms with van der Waals surface area (Å²) in [7, 11) is 0. The first-order chi connectivity index (χ1) is 13.0. The van der Waals surface area contributed by atoms with Crippen molar-refractivity contribution in [2.75, 3.05) is 0 Å². The molecule has 0 spiro atoms. The molecule has 1 aromatic carbocycles. The van der Waals surface area contributed by atoms with Crippen LogP contribution in [0.5, 0.6) is 0 Å². The van der Waals surface area contributed by atoms with E-state index in [9.17, 15) is 18.4 Å². The van der Waals surface area contributed by atoms with Crippen LogP contribution in [0, 0.1) is 28.8 Å². The molecular weight excluding hydrogens is 377 g/mol. The van der Waals surface area contributed by atoms with E-state index in [2.05, 4.69) is 10.1 Å². The molecule has 8 heteroatoms. The third kappa shape index (κ3) is 2.94. The predicted octanol–water partition coefficient (Wildman–Crippen LogP) is 5.39. The molecule has 0 aliphatic heterocycles. The number of benzene rings is 1. The topological polar surface area (TPSA) is 54.0 Å². The van der Waals surface area contributed by atoms with E-state index in [0.29, 0.717) is 17.8 Å². The Kier molecular flexibility index (Phi) is 4.52. The molecule has 138 valence electrons. The quantitative estimate of drug-likeness (QED) is 0.551. The second kappa shape index (κ2) is 6.86. The molecule has 1 aliphatic carbocycles. The van der Waals surface area contributed by atoms with E-state index in [4.69, 9.17) is 11.6 Å². The lowest BCUT2D eigenvalue weighted by molar-refractivity contribution is 0.431. The van der Waals surface area contributed by atoms with Crippen LogP contribution in [0.4, 0.5) is 13.2 Å². The summed E-state index contributed by atoms with van der Waals surface area (Å²) in [6.07, 6.45) is 5.96. The molecular formula is C19H14ClF3N4. The SMILES string of the molecule is N#Cc1cnn2c(C3CCCCC3)c(-c3c(F)cc(F)cc3F)c(Cl)nc12. The molecule has 0 radical (unpaired) electrons. The smallest absolute Gasteiger partial charge is 0.174 e. The van der Waals surface area contributed by atoms with Crippen LogP contribution in [0.3, 0.4) is 0 Å². The van der Waals surface area contributed by atoms with E-state index >= 15 is 0 Å². The zero-order valence-corrected chi connectivity index (χ0v) is 14.9. The first kappa shape index (κ1) is 17.8. The minimum Gasteiger partial charge on any atom is -0.217 e. The average molecular weight is 391 g/mol. The third-order valence-corrected chi connectivity index (χ3v) is 5.28. The molecule has 1 fully saturated rings. The van der Waals surface area contributed by atoms with Gasteiger partial charge in [0.25, 0.3) is 0 Å². The Balaban J connectivity index is 2.08. The zero-order chi connectivity index (χ0) is 19.1. The summed E-state index contributed by atoms with van der Waals surface area (Å²) in [5.41, 5.74) is 0.620. The minimum absolute atomic E-state index is 0.0490. The summed E-state index contributed by atoms with van der Waals surface area (Å²) in [5, 5.41) is 13.4. The molecule has 4 nitrogen and oxygen atoms in total. The first-order valence-electron chi connectivity index (χ1n) is 8.63. The highest BCUT2D eigenvalue weighted by Crippen LogP contribution is 2.42. The van der Waals surface area contributed by atoms with Gasteiger partial charge in [-0.3, -0.25) is 0 Å². The molecule has 2 aromatic heterocycles. The number of halogens is 4. The standard InChI is InChI=1S/C19H14ClF3N4/c20-18-16(15-13(22)6-12(21)7-14(15)23)17(10-4-2-1-3-5-10)27-19(26-18)11(8-24)9-25-27/h6-7,9-10H,1-5H2. The van der Waals surface area contributed by atoms with Crippen LogP contribution >= 0.6 is 11.6 Å². The molecule has 0 saturated heterocycles. The van der Waals surface area contributed by atoms with Crippen LogP contribution in [0.25, 0.3) is 16.8 Å². The summed E-state index contributed by atoms with van der Waals surface area (Å²) in [5.74, 6) is -3.17. The lowest BCUT2D eigenvalue weighted by Gasteiger charge is -2.25. The Labute approximate surface area is 158 Å². The molecule has 3 aromatic rings. The molecule has 0 bridgehead atoms. The van der Waals surface area contributed by atoms with Crippen molar-refractivity contribution in [1.29, 1.82) is 5.26 Å². The fourth-order valence-electron chi connectivity index (χ4n) is 3.83. The predicted molar refractivity (Wildman–Crippen MR) is 93.8 cm³/mol. The van der Waals surface area contributed by atoms with Crippen molar-refractivity contribution in [2.24, 2.45) is 0 Å². The van der Waals surface area contributed by atoms with Crippen LogP contribution < -0.4 is 0 Å². The van der Waals surface area contributed by atoms with E-state index in [1.54, 1.807) is 0 Å². The third-order valence-electron chi connectivity index (χ3n) is 5.01. The van der Waals surface area contributed by atoms with Gasteiger partial charge in [-0.15, -0.1) is 0 Å². The lowest BCUT2D eigenvalue weighted by atomic mass is 9.84. The highest BCUT2D eigenvalue weighted by Gasteiger charge is 2.29. The van der Waals surface area contributed by atoms with Crippen molar-refractivity contribution in [1.82, 2.24) is 14.6 Å². The fraction of sp³-hybridized carbons (Fsp3) is 0.316. The van der Waals surface area contributed by atoms with Crippen molar-refractivity contribution >= 4 is 17.2 Å². The maximum absolute atomic E-state index is 14.5. The van der Waals surface area contributed by atoms with Crippen LogP contribution in [0.2, 0.25) is 5.15 Å². The molecule has 27 heavy (non-hydrogen) atoms. The Bertz CT molecular complexity index is 1060. The first-order valence-corrected chi connectivity index (χ1v) is 9.01. The normalized spacial score (nSPS) is 15.2. The van der Waals surface area contributed by atoms with E-state index in [0.717, 1.165) is 32.1 Å². The summed E-state index contributed by atoms with van der Waals surface area (Å²) >= 11 is 6.34. The van der Waals surface area contributed by atoms with Crippen LogP contribution in [0.1, 0.15) is 49.3 Å². The lowest BCUT2D eigenvalue weighted by Crippen LogP contribution is -2.14. The van der Waals surface area contributed by atoms with Crippen molar-refractivity contribution < 1.29 is 13.2 Å².